The summed E-state index contributed by atoms with van der Waals surface area (Å²) in [5, 5.41) is 3.75. The van der Waals surface area contributed by atoms with Gasteiger partial charge in [-0.05, 0) is 12.3 Å². The second-order valence-corrected chi connectivity index (χ2v) is 9.08. The van der Waals surface area contributed by atoms with E-state index in [9.17, 15) is 9.59 Å². The number of hydrogen-bond donors (Lipinski definition) is 0. The van der Waals surface area contributed by atoms with Crippen molar-refractivity contribution in [1.82, 2.24) is 19.9 Å². The van der Waals surface area contributed by atoms with Crippen molar-refractivity contribution in [2.45, 2.75) is 45.9 Å². The van der Waals surface area contributed by atoms with Crippen LogP contribution >= 0.6 is 0 Å². The number of ether oxygens (including phenoxy) is 1. The lowest BCUT2D eigenvalue weighted by Gasteiger charge is -2.29. The minimum atomic E-state index is -0.671. The van der Waals surface area contributed by atoms with E-state index >= 15 is 0 Å². The van der Waals surface area contributed by atoms with Gasteiger partial charge < -0.3 is 19.1 Å². The third kappa shape index (κ3) is 2.96. The molecule has 3 aliphatic rings. The minimum absolute atomic E-state index is 0.0113. The molecule has 0 saturated carbocycles. The van der Waals surface area contributed by atoms with E-state index < -0.39 is 17.4 Å². The van der Waals surface area contributed by atoms with E-state index in [1.165, 1.54) is 0 Å². The van der Waals surface area contributed by atoms with Gasteiger partial charge in [0.15, 0.2) is 5.82 Å². The van der Waals surface area contributed by atoms with Crippen molar-refractivity contribution < 1.29 is 18.8 Å². The molecule has 2 bridgehead atoms. The number of fused-ring (bicyclic) bond motifs is 1. The molecule has 0 unspecified atom stereocenters. The van der Waals surface area contributed by atoms with Crippen molar-refractivity contribution >= 4 is 11.8 Å². The van der Waals surface area contributed by atoms with Crippen LogP contribution in [0.4, 0.5) is 0 Å². The van der Waals surface area contributed by atoms with Gasteiger partial charge in [0.1, 0.15) is 5.60 Å². The molecule has 2 amide bonds. The van der Waals surface area contributed by atoms with Gasteiger partial charge in [-0.25, -0.2) is 0 Å². The van der Waals surface area contributed by atoms with Gasteiger partial charge in [0.05, 0.1) is 31.0 Å². The third-order valence-electron chi connectivity index (χ3n) is 5.45. The van der Waals surface area contributed by atoms with Crippen molar-refractivity contribution in [2.75, 3.05) is 20.1 Å². The highest BCUT2D eigenvalue weighted by atomic mass is 16.5. The lowest BCUT2D eigenvalue weighted by atomic mass is 9.76. The molecule has 0 aliphatic carbocycles. The van der Waals surface area contributed by atoms with Crippen LogP contribution in [0.5, 0.6) is 0 Å². The van der Waals surface area contributed by atoms with E-state index in [4.69, 9.17) is 9.26 Å². The topological polar surface area (TPSA) is 88.8 Å². The number of carbonyl (C=O) groups is 2. The fourth-order valence-electron chi connectivity index (χ4n) is 4.51. The Morgan fingerprint density at radius 1 is 1.44 bits per heavy atom. The first kappa shape index (κ1) is 18.2. The monoisotopic (exact) mass is 374 g/mol. The molecule has 146 valence electrons. The molecular weight excluding hydrogens is 348 g/mol. The number of aromatic nitrogens is 2. The highest BCUT2D eigenvalue weighted by molar-refractivity contribution is 5.93. The summed E-state index contributed by atoms with van der Waals surface area (Å²) in [6.45, 7) is 9.40. The van der Waals surface area contributed by atoms with E-state index in [1.54, 1.807) is 18.9 Å². The van der Waals surface area contributed by atoms with Gasteiger partial charge >= 0.3 is 0 Å². The van der Waals surface area contributed by atoms with Crippen LogP contribution in [0.1, 0.15) is 32.5 Å². The van der Waals surface area contributed by atoms with E-state index in [-0.39, 0.29) is 29.9 Å². The number of amides is 2. The molecule has 4 atom stereocenters. The van der Waals surface area contributed by atoms with E-state index in [2.05, 4.69) is 30.9 Å². The number of hydrogen-bond acceptors (Lipinski definition) is 6. The number of likely N-dealkylation sites (tertiary alicyclic amines) is 1. The molecule has 27 heavy (non-hydrogen) atoms. The van der Waals surface area contributed by atoms with Crippen LogP contribution in [0.3, 0.4) is 0 Å². The summed E-state index contributed by atoms with van der Waals surface area (Å²) in [7, 11) is 1.69. The Hall–Kier alpha value is -2.22. The van der Waals surface area contributed by atoms with Gasteiger partial charge in [-0.15, -0.1) is 0 Å². The lowest BCUT2D eigenvalue weighted by molar-refractivity contribution is -0.143. The second kappa shape index (κ2) is 5.89. The van der Waals surface area contributed by atoms with Gasteiger partial charge in [0.25, 0.3) is 0 Å². The van der Waals surface area contributed by atoms with Crippen LogP contribution in [-0.2, 0) is 20.9 Å². The number of aryl methyl sites for hydroxylation is 1. The molecular formula is C19H26N4O4. The molecule has 1 aromatic heterocycles. The van der Waals surface area contributed by atoms with Crippen molar-refractivity contribution in [3.8, 4) is 0 Å². The average Bonchev–Trinajstić information content (AvgIpc) is 3.28. The van der Waals surface area contributed by atoms with Crippen LogP contribution < -0.4 is 0 Å². The van der Waals surface area contributed by atoms with E-state index in [0.29, 0.717) is 24.8 Å². The maximum absolute atomic E-state index is 13.2. The summed E-state index contributed by atoms with van der Waals surface area (Å²) < 4.78 is 11.3. The molecule has 0 N–H and O–H groups in total. The smallest absolute Gasteiger partial charge is 0.246 e. The normalized spacial score (nSPS) is 31.7. The average molecular weight is 374 g/mol. The molecule has 1 aromatic rings. The molecule has 1 spiro atoms. The van der Waals surface area contributed by atoms with Crippen LogP contribution in [0.2, 0.25) is 0 Å². The summed E-state index contributed by atoms with van der Waals surface area (Å²) in [6.07, 6.45) is 3.56. The molecule has 0 radical (unpaired) electrons. The van der Waals surface area contributed by atoms with Crippen LogP contribution in [-0.4, -0.2) is 63.6 Å². The van der Waals surface area contributed by atoms with Crippen molar-refractivity contribution in [3.63, 3.8) is 0 Å². The minimum Gasteiger partial charge on any atom is -0.360 e. The summed E-state index contributed by atoms with van der Waals surface area (Å²) >= 11 is 0. The molecule has 2 fully saturated rings. The number of nitrogens with zero attached hydrogens (tertiary/aromatic N) is 4. The first-order valence-corrected chi connectivity index (χ1v) is 9.30. The van der Waals surface area contributed by atoms with Crippen molar-refractivity contribution in [3.05, 3.63) is 23.9 Å². The summed E-state index contributed by atoms with van der Waals surface area (Å²) in [6, 6.07) is 0. The van der Waals surface area contributed by atoms with Crippen molar-refractivity contribution in [1.29, 1.82) is 0 Å². The predicted molar refractivity (Wildman–Crippen MR) is 95.3 cm³/mol. The largest absolute Gasteiger partial charge is 0.360 e. The van der Waals surface area contributed by atoms with Gasteiger partial charge in [-0.1, -0.05) is 38.1 Å². The number of carbonyl (C=O) groups excluding carboxylic acids is 2. The Balaban J connectivity index is 1.54. The maximum Gasteiger partial charge on any atom is 0.246 e. The van der Waals surface area contributed by atoms with Gasteiger partial charge in [0, 0.05) is 13.6 Å². The zero-order valence-electron chi connectivity index (χ0n) is 16.4. The van der Waals surface area contributed by atoms with Gasteiger partial charge in [0.2, 0.25) is 17.7 Å². The number of rotatable bonds is 4. The SMILES string of the molecule is Cc1noc(CN(C)C(=O)[C@H]2[C@@H]3C=C[C@@]4(CN(CC(C)(C)C)C(=O)[C@@H]24)O3)n1. The Kier molecular flexibility index (Phi) is 3.96. The second-order valence-electron chi connectivity index (χ2n) is 9.08. The zero-order valence-corrected chi connectivity index (χ0v) is 16.4. The van der Waals surface area contributed by atoms with Crippen LogP contribution in [0, 0.1) is 24.2 Å². The molecule has 4 heterocycles. The highest BCUT2D eigenvalue weighted by Gasteiger charge is 2.67. The molecule has 8 nitrogen and oxygen atoms in total. The van der Waals surface area contributed by atoms with E-state index in [1.807, 2.05) is 17.1 Å². The lowest BCUT2D eigenvalue weighted by Crippen LogP contribution is -2.45. The van der Waals surface area contributed by atoms with Crippen molar-refractivity contribution in [2.24, 2.45) is 17.3 Å². The zero-order chi connectivity index (χ0) is 19.6. The molecule has 2 saturated heterocycles. The maximum atomic E-state index is 13.2. The fraction of sp³-hybridized carbons (Fsp3) is 0.684. The standard InChI is InChI=1S/C19H26N4O4/c1-11-20-13(27-21-11)8-22(5)16(24)14-12-6-7-19(26-12)10-23(9-18(2,3)4)17(25)15(14)19/h6-7,12,14-15H,8-10H2,1-5H3/t12-,14-,15+,19-/m0/s1. The Labute approximate surface area is 158 Å². The van der Waals surface area contributed by atoms with Crippen LogP contribution in [0.25, 0.3) is 0 Å². The Bertz CT molecular complexity index is 811. The summed E-state index contributed by atoms with van der Waals surface area (Å²) in [4.78, 5) is 33.9. The summed E-state index contributed by atoms with van der Waals surface area (Å²) in [5.74, 6) is -0.185. The van der Waals surface area contributed by atoms with Gasteiger partial charge in [-0.2, -0.15) is 4.98 Å². The first-order chi connectivity index (χ1) is 12.6. The van der Waals surface area contributed by atoms with E-state index in [0.717, 1.165) is 0 Å². The molecule has 3 aliphatic heterocycles. The van der Waals surface area contributed by atoms with Crippen LogP contribution in [0.15, 0.2) is 16.7 Å². The quantitative estimate of drug-likeness (QED) is 0.735. The first-order valence-electron chi connectivity index (χ1n) is 9.30. The molecule has 4 rings (SSSR count). The predicted octanol–water partition coefficient (Wildman–Crippen LogP) is 1.16. The highest BCUT2D eigenvalue weighted by Crippen LogP contribution is 2.52. The summed E-state index contributed by atoms with van der Waals surface area (Å²) in [5.41, 5.74) is -0.686. The Morgan fingerprint density at radius 3 is 2.81 bits per heavy atom. The fourth-order valence-corrected chi connectivity index (χ4v) is 4.51. The van der Waals surface area contributed by atoms with Gasteiger partial charge in [-0.3, -0.25) is 9.59 Å². The molecule has 8 heteroatoms. The molecule has 0 aromatic carbocycles. The Morgan fingerprint density at radius 2 is 2.19 bits per heavy atom. The third-order valence-corrected chi connectivity index (χ3v) is 5.45.